The van der Waals surface area contributed by atoms with Gasteiger partial charge in [-0.2, -0.15) is 0 Å². The first-order valence-electron chi connectivity index (χ1n) is 9.83. The maximum absolute atomic E-state index is 13.0. The minimum absolute atomic E-state index is 0.255. The molecule has 0 radical (unpaired) electrons. The van der Waals surface area contributed by atoms with Gasteiger partial charge in [-0.3, -0.25) is 4.90 Å². The van der Waals surface area contributed by atoms with Crippen molar-refractivity contribution >= 4 is 17.7 Å². The number of ether oxygens (including phenoxy) is 1. The highest BCUT2D eigenvalue weighted by Gasteiger charge is 2.42. The number of carbonyl (C=O) groups excluding carboxylic acids is 1. The normalized spacial score (nSPS) is 21.1. The van der Waals surface area contributed by atoms with Gasteiger partial charge in [0.15, 0.2) is 0 Å². The summed E-state index contributed by atoms with van der Waals surface area (Å²) < 4.78 is 18.8. The number of rotatable bonds is 7. The van der Waals surface area contributed by atoms with E-state index in [-0.39, 0.29) is 5.82 Å². The number of halogens is 1. The van der Waals surface area contributed by atoms with Crippen molar-refractivity contribution in [3.63, 3.8) is 0 Å². The average Bonchev–Trinajstić information content (AvgIpc) is 3.03. The fourth-order valence-electron chi connectivity index (χ4n) is 4.57. The van der Waals surface area contributed by atoms with Gasteiger partial charge in [0.05, 0.1) is 17.9 Å². The Morgan fingerprint density at radius 3 is 2.82 bits per heavy atom. The van der Waals surface area contributed by atoms with Crippen molar-refractivity contribution in [2.24, 2.45) is 0 Å². The van der Waals surface area contributed by atoms with Crippen LogP contribution in [0.3, 0.4) is 0 Å². The van der Waals surface area contributed by atoms with Gasteiger partial charge in [-0.05, 0) is 42.3 Å². The second-order valence-corrected chi connectivity index (χ2v) is 7.38. The summed E-state index contributed by atoms with van der Waals surface area (Å²) in [5, 5.41) is 3.28. The van der Waals surface area contributed by atoms with E-state index in [0.717, 1.165) is 38.0 Å². The lowest BCUT2D eigenvalue weighted by molar-refractivity contribution is -0.106. The minimum Gasteiger partial charge on any atom is -0.492 e. The smallest absolute Gasteiger partial charge is 0.139 e. The first-order chi connectivity index (χ1) is 13.7. The summed E-state index contributed by atoms with van der Waals surface area (Å²) in [4.78, 5) is 16.0. The predicted molar refractivity (Wildman–Crippen MR) is 109 cm³/mol. The van der Waals surface area contributed by atoms with E-state index in [0.29, 0.717) is 30.9 Å². The van der Waals surface area contributed by atoms with Crippen LogP contribution in [0.2, 0.25) is 0 Å². The number of piperidine rings is 1. The minimum atomic E-state index is -0.255. The Morgan fingerprint density at radius 2 is 2.07 bits per heavy atom. The van der Waals surface area contributed by atoms with Crippen LogP contribution in [0.4, 0.5) is 15.8 Å². The molecule has 0 saturated carbocycles. The molecule has 2 aromatic rings. The van der Waals surface area contributed by atoms with E-state index in [1.165, 1.54) is 23.4 Å². The quantitative estimate of drug-likeness (QED) is 0.745. The summed E-state index contributed by atoms with van der Waals surface area (Å²) in [6, 6.07) is 12.9. The number of nitrogens with zero attached hydrogens (tertiary/aromatic N) is 2. The van der Waals surface area contributed by atoms with Crippen LogP contribution in [0, 0.1) is 5.82 Å². The topological polar surface area (TPSA) is 44.8 Å². The van der Waals surface area contributed by atoms with E-state index in [1.54, 1.807) is 12.1 Å². The van der Waals surface area contributed by atoms with Gasteiger partial charge in [-0.15, -0.1) is 0 Å². The number of para-hydroxylation sites is 1. The lowest BCUT2D eigenvalue weighted by Crippen LogP contribution is -2.47. The molecule has 2 unspecified atom stereocenters. The van der Waals surface area contributed by atoms with Crippen molar-refractivity contribution in [2.45, 2.75) is 18.4 Å². The Kier molecular flexibility index (Phi) is 5.48. The molecule has 1 N–H and O–H groups in total. The summed E-state index contributed by atoms with van der Waals surface area (Å²) in [5.41, 5.74) is 3.58. The molecule has 2 aromatic carbocycles. The van der Waals surface area contributed by atoms with E-state index in [9.17, 15) is 9.18 Å². The summed E-state index contributed by atoms with van der Waals surface area (Å²) in [6.07, 6.45) is 2.02. The molecule has 4 rings (SSSR count). The highest BCUT2D eigenvalue weighted by Crippen LogP contribution is 2.47. The molecule has 0 spiro atoms. The van der Waals surface area contributed by atoms with Crippen molar-refractivity contribution in [2.75, 3.05) is 50.1 Å². The van der Waals surface area contributed by atoms with Gasteiger partial charge in [0.1, 0.15) is 24.5 Å². The van der Waals surface area contributed by atoms with Crippen LogP contribution >= 0.6 is 0 Å². The molecular formula is C22H26FN3O2. The van der Waals surface area contributed by atoms with Crippen LogP contribution < -0.4 is 15.0 Å². The van der Waals surface area contributed by atoms with Gasteiger partial charge in [-0.25, -0.2) is 4.39 Å². The van der Waals surface area contributed by atoms with Gasteiger partial charge in [-0.1, -0.05) is 12.1 Å². The lowest BCUT2D eigenvalue weighted by Gasteiger charge is -2.38. The van der Waals surface area contributed by atoms with Gasteiger partial charge in [0.25, 0.3) is 0 Å². The zero-order valence-electron chi connectivity index (χ0n) is 16.1. The fourth-order valence-corrected chi connectivity index (χ4v) is 4.57. The molecule has 2 aliphatic heterocycles. The van der Waals surface area contributed by atoms with Crippen molar-refractivity contribution in [1.82, 2.24) is 4.90 Å². The highest BCUT2D eigenvalue weighted by molar-refractivity contribution is 5.80. The Labute approximate surface area is 165 Å². The molecule has 148 valence electrons. The fraction of sp³-hybridized carbons (Fsp3) is 0.409. The summed E-state index contributed by atoms with van der Waals surface area (Å²) >= 11 is 0. The van der Waals surface area contributed by atoms with Crippen LogP contribution in [-0.4, -0.2) is 57.1 Å². The molecule has 28 heavy (non-hydrogen) atoms. The second-order valence-electron chi connectivity index (χ2n) is 7.38. The SMILES string of the molecule is CNc1cccc2c1N(CC=O)C1CCN(CCOc3ccc(F)cc3)CC21. The predicted octanol–water partition coefficient (Wildman–Crippen LogP) is 3.12. The van der Waals surface area contributed by atoms with E-state index in [4.69, 9.17) is 4.74 Å². The number of likely N-dealkylation sites (tertiary alicyclic amines) is 1. The lowest BCUT2D eigenvalue weighted by atomic mass is 9.89. The van der Waals surface area contributed by atoms with E-state index >= 15 is 0 Å². The molecule has 2 atom stereocenters. The molecular weight excluding hydrogens is 357 g/mol. The third-order valence-corrected chi connectivity index (χ3v) is 5.85. The number of hydrogen-bond donors (Lipinski definition) is 1. The van der Waals surface area contributed by atoms with Crippen LogP contribution in [-0.2, 0) is 4.79 Å². The number of nitrogens with one attached hydrogen (secondary N) is 1. The largest absolute Gasteiger partial charge is 0.492 e. The molecule has 5 nitrogen and oxygen atoms in total. The molecule has 6 heteroatoms. The molecule has 0 amide bonds. The van der Waals surface area contributed by atoms with Gasteiger partial charge in [0.2, 0.25) is 0 Å². The van der Waals surface area contributed by atoms with Crippen molar-refractivity contribution in [1.29, 1.82) is 0 Å². The second kappa shape index (κ2) is 8.19. The number of benzene rings is 2. The van der Waals surface area contributed by atoms with E-state index in [2.05, 4.69) is 33.3 Å². The highest BCUT2D eigenvalue weighted by atomic mass is 19.1. The Hall–Kier alpha value is -2.60. The zero-order chi connectivity index (χ0) is 19.5. The molecule has 0 aromatic heterocycles. The maximum atomic E-state index is 13.0. The monoisotopic (exact) mass is 383 g/mol. The van der Waals surface area contributed by atoms with Crippen molar-refractivity contribution in [3.05, 3.63) is 53.8 Å². The Balaban J connectivity index is 1.43. The molecule has 2 aliphatic rings. The third-order valence-electron chi connectivity index (χ3n) is 5.85. The molecule has 1 saturated heterocycles. The van der Waals surface area contributed by atoms with Crippen LogP contribution in [0.15, 0.2) is 42.5 Å². The van der Waals surface area contributed by atoms with E-state index in [1.807, 2.05) is 7.05 Å². The van der Waals surface area contributed by atoms with Crippen LogP contribution in [0.1, 0.15) is 17.9 Å². The summed E-state index contributed by atoms with van der Waals surface area (Å²) in [6.45, 7) is 3.76. The molecule has 0 bridgehead atoms. The van der Waals surface area contributed by atoms with Crippen LogP contribution in [0.25, 0.3) is 0 Å². The van der Waals surface area contributed by atoms with Gasteiger partial charge in [0, 0.05) is 38.6 Å². The summed E-state index contributed by atoms with van der Waals surface area (Å²) in [7, 11) is 1.93. The van der Waals surface area contributed by atoms with Gasteiger partial charge >= 0.3 is 0 Å². The van der Waals surface area contributed by atoms with Crippen LogP contribution in [0.5, 0.6) is 5.75 Å². The first-order valence-corrected chi connectivity index (χ1v) is 9.83. The number of carbonyl (C=O) groups is 1. The van der Waals surface area contributed by atoms with Crippen molar-refractivity contribution in [3.8, 4) is 5.75 Å². The van der Waals surface area contributed by atoms with Crippen molar-refractivity contribution < 1.29 is 13.9 Å². The molecule has 0 aliphatic carbocycles. The zero-order valence-corrected chi connectivity index (χ0v) is 16.1. The molecule has 1 fully saturated rings. The average molecular weight is 383 g/mol. The van der Waals surface area contributed by atoms with E-state index < -0.39 is 0 Å². The van der Waals surface area contributed by atoms with Gasteiger partial charge < -0.3 is 19.7 Å². The molecule has 2 heterocycles. The number of hydrogen-bond acceptors (Lipinski definition) is 5. The first kappa shape index (κ1) is 18.7. The summed E-state index contributed by atoms with van der Waals surface area (Å²) in [5.74, 6) is 0.830. The third kappa shape index (κ3) is 3.56. The maximum Gasteiger partial charge on any atom is 0.139 e. The number of anilines is 2. The number of aldehydes is 1. The number of fused-ring (bicyclic) bond motifs is 3. The standard InChI is InChI=1S/C22H26FN3O2/c1-24-20-4-2-3-18-19-15-25(10-9-21(19)26(11-13-27)22(18)20)12-14-28-17-7-5-16(23)6-8-17/h2-8,13,19,21,24H,9-12,14-15H2,1H3. The Bertz CT molecular complexity index is 827. The Morgan fingerprint density at radius 1 is 1.25 bits per heavy atom.